The predicted octanol–water partition coefficient (Wildman–Crippen LogP) is 3.83. The van der Waals surface area contributed by atoms with E-state index in [9.17, 15) is 10.1 Å². The molecule has 1 aromatic heterocycles. The quantitative estimate of drug-likeness (QED) is 0.488. The molecule has 6 nitrogen and oxygen atoms in total. The summed E-state index contributed by atoms with van der Waals surface area (Å²) >= 11 is 5.70. The van der Waals surface area contributed by atoms with Gasteiger partial charge in [0.2, 0.25) is 5.28 Å². The summed E-state index contributed by atoms with van der Waals surface area (Å²) < 4.78 is 0. The van der Waals surface area contributed by atoms with Gasteiger partial charge in [-0.05, 0) is 29.8 Å². The number of halogens is 1. The molecular formula is C13H15ClN4O2. The van der Waals surface area contributed by atoms with Crippen LogP contribution in [0.2, 0.25) is 5.28 Å². The fraction of sp³-hybridized carbons (Fsp3) is 0.231. The van der Waals surface area contributed by atoms with Crippen LogP contribution in [-0.4, -0.2) is 21.9 Å². The number of anilines is 2. The number of nitrogens with zero attached hydrogens (tertiary/aromatic N) is 4. The molecule has 0 saturated carbocycles. The van der Waals surface area contributed by atoms with Gasteiger partial charge in [-0.1, -0.05) is 13.8 Å². The van der Waals surface area contributed by atoms with Crippen molar-refractivity contribution in [3.8, 4) is 0 Å². The maximum Gasteiger partial charge on any atom is 0.269 e. The van der Waals surface area contributed by atoms with Gasteiger partial charge in [-0.15, -0.1) is 0 Å². The van der Waals surface area contributed by atoms with E-state index < -0.39 is 4.92 Å². The molecule has 0 unspecified atom stereocenters. The van der Waals surface area contributed by atoms with Crippen molar-refractivity contribution >= 4 is 28.8 Å². The monoisotopic (exact) mass is 294 g/mol. The molecule has 0 bridgehead atoms. The van der Waals surface area contributed by atoms with Crippen LogP contribution in [0.15, 0.2) is 36.5 Å². The maximum atomic E-state index is 10.6. The van der Waals surface area contributed by atoms with E-state index in [0.29, 0.717) is 5.82 Å². The van der Waals surface area contributed by atoms with Crippen LogP contribution in [-0.2, 0) is 0 Å². The average Bonchev–Trinajstić information content (AvgIpc) is 2.48. The molecule has 106 valence electrons. The molecule has 0 aliphatic carbocycles. The van der Waals surface area contributed by atoms with E-state index in [1.807, 2.05) is 13.8 Å². The third kappa shape index (κ3) is 3.89. The molecule has 0 aliphatic rings. The molecule has 0 saturated heterocycles. The zero-order chi connectivity index (χ0) is 15.1. The molecule has 7 heteroatoms. The zero-order valence-electron chi connectivity index (χ0n) is 11.4. The first kappa shape index (κ1) is 15.8. The van der Waals surface area contributed by atoms with Crippen LogP contribution in [0, 0.1) is 10.1 Å². The number of benzene rings is 1. The summed E-state index contributed by atoms with van der Waals surface area (Å²) in [6.07, 6.45) is 1.55. The van der Waals surface area contributed by atoms with E-state index in [4.69, 9.17) is 11.6 Å². The van der Waals surface area contributed by atoms with Crippen molar-refractivity contribution in [1.29, 1.82) is 0 Å². The minimum Gasteiger partial charge on any atom is -0.329 e. The highest BCUT2D eigenvalue weighted by molar-refractivity contribution is 6.28. The predicted molar refractivity (Wildman–Crippen MR) is 79.5 cm³/mol. The van der Waals surface area contributed by atoms with E-state index in [2.05, 4.69) is 9.97 Å². The number of hydrogen-bond donors (Lipinski definition) is 0. The average molecular weight is 295 g/mol. The van der Waals surface area contributed by atoms with Crippen molar-refractivity contribution in [2.75, 3.05) is 11.9 Å². The third-order valence-corrected chi connectivity index (χ3v) is 2.59. The van der Waals surface area contributed by atoms with Crippen molar-refractivity contribution in [3.63, 3.8) is 0 Å². The van der Waals surface area contributed by atoms with E-state index in [-0.39, 0.29) is 11.0 Å². The molecule has 1 heterocycles. The molecule has 0 N–H and O–H groups in total. The van der Waals surface area contributed by atoms with Crippen LogP contribution < -0.4 is 4.90 Å². The Morgan fingerprint density at radius 3 is 2.30 bits per heavy atom. The first-order valence-electron chi connectivity index (χ1n) is 6.04. The molecule has 0 spiro atoms. The maximum absolute atomic E-state index is 10.6. The van der Waals surface area contributed by atoms with E-state index in [0.717, 1.165) is 5.69 Å². The third-order valence-electron chi connectivity index (χ3n) is 2.40. The molecule has 0 radical (unpaired) electrons. The van der Waals surface area contributed by atoms with E-state index >= 15 is 0 Å². The Labute approximate surface area is 122 Å². The number of rotatable bonds is 3. The largest absolute Gasteiger partial charge is 0.329 e. The molecule has 0 atom stereocenters. The second kappa shape index (κ2) is 7.40. The van der Waals surface area contributed by atoms with Crippen molar-refractivity contribution in [2.45, 2.75) is 13.8 Å². The van der Waals surface area contributed by atoms with Crippen molar-refractivity contribution in [3.05, 3.63) is 51.9 Å². The lowest BCUT2D eigenvalue weighted by atomic mass is 10.2. The molecule has 20 heavy (non-hydrogen) atoms. The van der Waals surface area contributed by atoms with Crippen molar-refractivity contribution in [1.82, 2.24) is 9.97 Å². The molecule has 2 rings (SSSR count). The van der Waals surface area contributed by atoms with Crippen LogP contribution in [0.1, 0.15) is 13.8 Å². The van der Waals surface area contributed by atoms with Crippen LogP contribution >= 0.6 is 11.6 Å². The molecule has 0 amide bonds. The summed E-state index contributed by atoms with van der Waals surface area (Å²) in [5.41, 5.74) is 0.822. The van der Waals surface area contributed by atoms with Gasteiger partial charge in [-0.2, -0.15) is 0 Å². The highest BCUT2D eigenvalue weighted by Crippen LogP contribution is 2.24. The Kier molecular flexibility index (Phi) is 5.86. The van der Waals surface area contributed by atoms with Gasteiger partial charge in [0.15, 0.2) is 0 Å². The summed E-state index contributed by atoms with van der Waals surface area (Å²) in [6, 6.07) is 7.87. The normalized spacial score (nSPS) is 9.40. The molecular weight excluding hydrogens is 280 g/mol. The van der Waals surface area contributed by atoms with Crippen LogP contribution in [0.4, 0.5) is 17.2 Å². The van der Waals surface area contributed by atoms with Gasteiger partial charge in [-0.25, -0.2) is 9.97 Å². The molecule has 0 fully saturated rings. The fourth-order valence-corrected chi connectivity index (χ4v) is 1.59. The Hall–Kier alpha value is -2.21. The summed E-state index contributed by atoms with van der Waals surface area (Å²) in [5.74, 6) is 0.615. The lowest BCUT2D eigenvalue weighted by Crippen LogP contribution is -2.11. The Balaban J connectivity index is 0.000000956. The standard InChI is InChI=1S/C11H9ClN4O2.C2H6/c1-15(10-6-7-13-11(12)14-10)8-2-4-9(5-3-8)16(17)18;1-2/h2-7H,1H3;1-2H3. The highest BCUT2D eigenvalue weighted by atomic mass is 35.5. The number of aromatic nitrogens is 2. The minimum atomic E-state index is -0.439. The van der Waals surface area contributed by atoms with Gasteiger partial charge < -0.3 is 4.90 Å². The smallest absolute Gasteiger partial charge is 0.269 e. The summed E-state index contributed by atoms with van der Waals surface area (Å²) in [5, 5.41) is 10.7. The SMILES string of the molecule is CC.CN(c1ccc([N+](=O)[O-])cc1)c1ccnc(Cl)n1. The zero-order valence-corrected chi connectivity index (χ0v) is 12.2. The van der Waals surface area contributed by atoms with Gasteiger partial charge >= 0.3 is 0 Å². The first-order chi connectivity index (χ1) is 9.58. The molecule has 1 aromatic carbocycles. The van der Waals surface area contributed by atoms with Crippen molar-refractivity contribution in [2.24, 2.45) is 0 Å². The van der Waals surface area contributed by atoms with Gasteiger partial charge in [0.25, 0.3) is 5.69 Å². The molecule has 0 aliphatic heterocycles. The number of hydrogen-bond acceptors (Lipinski definition) is 5. The second-order valence-electron chi connectivity index (χ2n) is 3.52. The summed E-state index contributed by atoms with van der Waals surface area (Å²) in [4.78, 5) is 19.7. The number of nitro benzene ring substituents is 1. The van der Waals surface area contributed by atoms with E-state index in [1.165, 1.54) is 12.1 Å². The van der Waals surface area contributed by atoms with Gasteiger partial charge in [0, 0.05) is 31.1 Å². The van der Waals surface area contributed by atoms with Crippen molar-refractivity contribution < 1.29 is 4.92 Å². The summed E-state index contributed by atoms with van der Waals surface area (Å²) in [6.45, 7) is 4.00. The number of non-ortho nitro benzene ring substituents is 1. The van der Waals surface area contributed by atoms with E-state index in [1.54, 1.807) is 36.3 Å². The molecule has 2 aromatic rings. The first-order valence-corrected chi connectivity index (χ1v) is 6.42. The lowest BCUT2D eigenvalue weighted by Gasteiger charge is -2.17. The number of nitro groups is 1. The topological polar surface area (TPSA) is 72.2 Å². The highest BCUT2D eigenvalue weighted by Gasteiger charge is 2.09. The Morgan fingerprint density at radius 2 is 1.80 bits per heavy atom. The Morgan fingerprint density at radius 1 is 1.20 bits per heavy atom. The van der Waals surface area contributed by atoms with Crippen LogP contribution in [0.25, 0.3) is 0 Å². The van der Waals surface area contributed by atoms with Crippen LogP contribution in [0.3, 0.4) is 0 Å². The van der Waals surface area contributed by atoms with Gasteiger partial charge in [0.1, 0.15) is 5.82 Å². The Bertz CT molecular complexity index is 575. The van der Waals surface area contributed by atoms with Gasteiger partial charge in [-0.3, -0.25) is 10.1 Å². The lowest BCUT2D eigenvalue weighted by molar-refractivity contribution is -0.384. The van der Waals surface area contributed by atoms with Crippen LogP contribution in [0.5, 0.6) is 0 Å². The fourth-order valence-electron chi connectivity index (χ4n) is 1.44. The summed E-state index contributed by atoms with van der Waals surface area (Å²) in [7, 11) is 1.79. The minimum absolute atomic E-state index is 0.0490. The van der Waals surface area contributed by atoms with Gasteiger partial charge in [0.05, 0.1) is 4.92 Å². The second-order valence-corrected chi connectivity index (χ2v) is 3.85.